The Bertz CT molecular complexity index is 641. The van der Waals surface area contributed by atoms with E-state index in [4.69, 9.17) is 4.74 Å². The smallest absolute Gasteiger partial charge is 0.381 e. The molecule has 0 unspecified atom stereocenters. The van der Waals surface area contributed by atoms with E-state index in [1.807, 2.05) is 18.2 Å². The van der Waals surface area contributed by atoms with Crippen molar-refractivity contribution in [2.24, 2.45) is 0 Å². The molecule has 0 N–H and O–H groups in total. The van der Waals surface area contributed by atoms with Gasteiger partial charge in [0.05, 0.1) is 5.52 Å². The molecule has 1 heterocycles. The van der Waals surface area contributed by atoms with Gasteiger partial charge in [-0.05, 0) is 32.9 Å². The van der Waals surface area contributed by atoms with Gasteiger partial charge in [0, 0.05) is 5.39 Å². The highest BCUT2D eigenvalue weighted by molar-refractivity contribution is 6.40. The largest absolute Gasteiger partial charge is 0.454 e. The third-order valence-corrected chi connectivity index (χ3v) is 2.42. The molecule has 98 valence electrons. The summed E-state index contributed by atoms with van der Waals surface area (Å²) in [4.78, 5) is 27.8. The monoisotopic (exact) mass is 257 g/mol. The molecule has 0 fully saturated rings. The van der Waals surface area contributed by atoms with Crippen LogP contribution in [0.15, 0.2) is 36.4 Å². The van der Waals surface area contributed by atoms with Crippen LogP contribution in [0.25, 0.3) is 10.9 Å². The van der Waals surface area contributed by atoms with Gasteiger partial charge < -0.3 is 4.74 Å². The van der Waals surface area contributed by atoms with Gasteiger partial charge in [-0.1, -0.05) is 24.3 Å². The molecular formula is C15H15NO3. The van der Waals surface area contributed by atoms with Gasteiger partial charge in [0.2, 0.25) is 0 Å². The fourth-order valence-electron chi connectivity index (χ4n) is 1.62. The number of aromatic nitrogens is 1. The van der Waals surface area contributed by atoms with Crippen LogP contribution in [0.2, 0.25) is 0 Å². The first kappa shape index (κ1) is 13.2. The van der Waals surface area contributed by atoms with Gasteiger partial charge in [-0.3, -0.25) is 4.79 Å². The van der Waals surface area contributed by atoms with Gasteiger partial charge in [0.25, 0.3) is 5.78 Å². The number of rotatable bonds is 2. The van der Waals surface area contributed by atoms with Crippen LogP contribution in [0.5, 0.6) is 0 Å². The highest BCUT2D eigenvalue weighted by Gasteiger charge is 2.25. The molecular weight excluding hydrogens is 242 g/mol. The van der Waals surface area contributed by atoms with Crippen LogP contribution in [-0.2, 0) is 9.53 Å². The second-order valence-electron chi connectivity index (χ2n) is 5.22. The number of carbonyl (C=O) groups excluding carboxylic acids is 2. The Balaban J connectivity index is 2.29. The summed E-state index contributed by atoms with van der Waals surface area (Å²) in [6.45, 7) is 5.14. The van der Waals surface area contributed by atoms with Crippen molar-refractivity contribution in [2.75, 3.05) is 0 Å². The molecule has 1 aromatic heterocycles. The van der Waals surface area contributed by atoms with Crippen molar-refractivity contribution < 1.29 is 14.3 Å². The van der Waals surface area contributed by atoms with Crippen molar-refractivity contribution in [3.05, 3.63) is 42.1 Å². The maximum atomic E-state index is 11.9. The normalized spacial score (nSPS) is 11.3. The average molecular weight is 257 g/mol. The van der Waals surface area contributed by atoms with E-state index in [1.54, 1.807) is 32.9 Å². The quantitative estimate of drug-likeness (QED) is 0.471. The molecule has 0 saturated carbocycles. The molecule has 2 rings (SSSR count). The highest BCUT2D eigenvalue weighted by Crippen LogP contribution is 2.14. The van der Waals surface area contributed by atoms with E-state index in [0.29, 0.717) is 5.52 Å². The van der Waals surface area contributed by atoms with Gasteiger partial charge in [0.15, 0.2) is 0 Å². The predicted molar refractivity (Wildman–Crippen MR) is 71.9 cm³/mol. The molecule has 0 radical (unpaired) electrons. The number of esters is 1. The Morgan fingerprint density at radius 1 is 1.05 bits per heavy atom. The lowest BCUT2D eigenvalue weighted by molar-refractivity contribution is -0.148. The first-order chi connectivity index (χ1) is 8.87. The van der Waals surface area contributed by atoms with Crippen LogP contribution in [0, 0.1) is 0 Å². The summed E-state index contributed by atoms with van der Waals surface area (Å²) in [7, 11) is 0. The van der Waals surface area contributed by atoms with E-state index < -0.39 is 17.4 Å². The first-order valence-corrected chi connectivity index (χ1v) is 6.00. The van der Waals surface area contributed by atoms with Crippen molar-refractivity contribution in [2.45, 2.75) is 26.4 Å². The Hall–Kier alpha value is -2.23. The summed E-state index contributed by atoms with van der Waals surface area (Å²) in [5.41, 5.74) is 0.0914. The van der Waals surface area contributed by atoms with Crippen molar-refractivity contribution in [3.8, 4) is 0 Å². The number of hydrogen-bond donors (Lipinski definition) is 0. The van der Waals surface area contributed by atoms with E-state index >= 15 is 0 Å². The number of ether oxygens (including phenoxy) is 1. The number of carbonyl (C=O) groups is 2. The fraction of sp³-hybridized carbons (Fsp3) is 0.267. The zero-order valence-corrected chi connectivity index (χ0v) is 11.1. The number of Topliss-reactive ketones (excluding diaryl/α,β-unsaturated/α-hetero) is 1. The molecule has 2 aromatic rings. The van der Waals surface area contributed by atoms with Crippen LogP contribution < -0.4 is 0 Å². The number of pyridine rings is 1. The van der Waals surface area contributed by atoms with Crippen molar-refractivity contribution in [1.82, 2.24) is 4.98 Å². The standard InChI is InChI=1S/C15H15NO3/c1-15(2,3)19-14(18)13(17)12-9-8-10-6-4-5-7-11(10)16-12/h4-9H,1-3H3. The van der Waals surface area contributed by atoms with E-state index in [-0.39, 0.29) is 5.69 Å². The first-order valence-electron chi connectivity index (χ1n) is 6.00. The fourth-order valence-corrected chi connectivity index (χ4v) is 1.62. The van der Waals surface area contributed by atoms with E-state index in [0.717, 1.165) is 5.39 Å². The summed E-state index contributed by atoms with van der Waals surface area (Å²) in [6, 6.07) is 10.7. The van der Waals surface area contributed by atoms with Crippen LogP contribution >= 0.6 is 0 Å². The minimum Gasteiger partial charge on any atom is -0.454 e. The maximum absolute atomic E-state index is 11.9. The summed E-state index contributed by atoms with van der Waals surface area (Å²) in [5, 5.41) is 0.920. The Morgan fingerprint density at radius 3 is 2.42 bits per heavy atom. The summed E-state index contributed by atoms with van der Waals surface area (Å²) < 4.78 is 5.04. The molecule has 4 heteroatoms. The van der Waals surface area contributed by atoms with Gasteiger partial charge in [-0.2, -0.15) is 0 Å². The lowest BCUT2D eigenvalue weighted by atomic mass is 10.1. The second kappa shape index (κ2) is 4.80. The van der Waals surface area contributed by atoms with Gasteiger partial charge in [-0.15, -0.1) is 0 Å². The average Bonchev–Trinajstić information content (AvgIpc) is 2.35. The van der Waals surface area contributed by atoms with Crippen LogP contribution in [0.1, 0.15) is 31.3 Å². The minimum absolute atomic E-state index is 0.105. The Morgan fingerprint density at radius 2 is 1.74 bits per heavy atom. The molecule has 0 atom stereocenters. The third kappa shape index (κ3) is 3.16. The van der Waals surface area contributed by atoms with Crippen molar-refractivity contribution in [1.29, 1.82) is 0 Å². The van der Waals surface area contributed by atoms with Gasteiger partial charge in [0.1, 0.15) is 11.3 Å². The molecule has 0 aliphatic carbocycles. The Kier molecular flexibility index (Phi) is 3.34. The molecule has 0 saturated heterocycles. The van der Waals surface area contributed by atoms with Crippen LogP contribution in [0.4, 0.5) is 0 Å². The van der Waals surface area contributed by atoms with Crippen LogP contribution in [-0.4, -0.2) is 22.3 Å². The maximum Gasteiger partial charge on any atom is 0.381 e. The molecule has 0 bridgehead atoms. The summed E-state index contributed by atoms with van der Waals surface area (Å²) >= 11 is 0. The van der Waals surface area contributed by atoms with Gasteiger partial charge in [-0.25, -0.2) is 9.78 Å². The van der Waals surface area contributed by atoms with Crippen molar-refractivity contribution >= 4 is 22.7 Å². The molecule has 0 amide bonds. The zero-order valence-electron chi connectivity index (χ0n) is 11.1. The third-order valence-electron chi connectivity index (χ3n) is 2.42. The lowest BCUT2D eigenvalue weighted by Gasteiger charge is -2.18. The molecule has 0 spiro atoms. The second-order valence-corrected chi connectivity index (χ2v) is 5.22. The summed E-state index contributed by atoms with van der Waals surface area (Å²) in [6.07, 6.45) is 0. The number of para-hydroxylation sites is 1. The van der Waals surface area contributed by atoms with E-state index in [1.165, 1.54) is 6.07 Å². The highest BCUT2D eigenvalue weighted by atomic mass is 16.6. The molecule has 0 aliphatic heterocycles. The van der Waals surface area contributed by atoms with Crippen LogP contribution in [0.3, 0.4) is 0 Å². The number of ketones is 1. The number of benzene rings is 1. The molecule has 19 heavy (non-hydrogen) atoms. The number of nitrogens with zero attached hydrogens (tertiary/aromatic N) is 1. The van der Waals surface area contributed by atoms with Gasteiger partial charge >= 0.3 is 5.97 Å². The number of hydrogen-bond acceptors (Lipinski definition) is 4. The van der Waals surface area contributed by atoms with E-state index in [2.05, 4.69) is 4.98 Å². The van der Waals surface area contributed by atoms with Crippen molar-refractivity contribution in [3.63, 3.8) is 0 Å². The Labute approximate surface area is 111 Å². The predicted octanol–water partition coefficient (Wildman–Crippen LogP) is 2.76. The zero-order chi connectivity index (χ0) is 14.0. The number of fused-ring (bicyclic) bond motifs is 1. The SMILES string of the molecule is CC(C)(C)OC(=O)C(=O)c1ccc2ccccc2n1. The molecule has 0 aliphatic rings. The molecule has 4 nitrogen and oxygen atoms in total. The topological polar surface area (TPSA) is 56.3 Å². The summed E-state index contributed by atoms with van der Waals surface area (Å²) in [5.74, 6) is -1.60. The van der Waals surface area contributed by atoms with E-state index in [9.17, 15) is 9.59 Å². The lowest BCUT2D eigenvalue weighted by Crippen LogP contribution is -2.29. The minimum atomic E-state index is -0.879. The molecule has 1 aromatic carbocycles.